The van der Waals surface area contributed by atoms with Gasteiger partial charge in [-0.05, 0) is 19.9 Å². The first kappa shape index (κ1) is 14.2. The van der Waals surface area contributed by atoms with Gasteiger partial charge in [0.05, 0.1) is 12.3 Å². The van der Waals surface area contributed by atoms with E-state index in [0.717, 1.165) is 11.3 Å². The highest BCUT2D eigenvalue weighted by atomic mass is 32.1. The predicted molar refractivity (Wildman–Crippen MR) is 74.0 cm³/mol. The molecular weight excluding hydrogens is 280 g/mol. The molecule has 8 heteroatoms. The fraction of sp³-hybridized carbons (Fsp3) is 0.333. The van der Waals surface area contributed by atoms with Crippen LogP contribution in [0.1, 0.15) is 32.8 Å². The molecule has 2 aromatic rings. The summed E-state index contributed by atoms with van der Waals surface area (Å²) in [4.78, 5) is 28.1. The molecule has 7 nitrogen and oxygen atoms in total. The van der Waals surface area contributed by atoms with Gasteiger partial charge in [-0.15, -0.1) is 0 Å². The van der Waals surface area contributed by atoms with Crippen LogP contribution in [0.25, 0.3) is 0 Å². The molecule has 1 N–H and O–H groups in total. The van der Waals surface area contributed by atoms with Crippen molar-refractivity contribution < 1.29 is 14.3 Å². The summed E-state index contributed by atoms with van der Waals surface area (Å²) in [6, 6.07) is 1.60. The first-order valence-electron chi connectivity index (χ1n) is 5.96. The van der Waals surface area contributed by atoms with Gasteiger partial charge in [0.25, 0.3) is 5.91 Å². The summed E-state index contributed by atoms with van der Waals surface area (Å²) < 4.78 is 6.45. The Hall–Kier alpha value is -2.22. The molecule has 0 saturated heterocycles. The fourth-order valence-corrected chi connectivity index (χ4v) is 2.39. The topological polar surface area (TPSA) is 86.1 Å². The molecule has 0 aliphatic heterocycles. The van der Waals surface area contributed by atoms with Crippen LogP contribution in [0.3, 0.4) is 0 Å². The zero-order chi connectivity index (χ0) is 14.7. The third-order valence-corrected chi connectivity index (χ3v) is 3.48. The molecule has 0 bridgehead atoms. The molecule has 20 heavy (non-hydrogen) atoms. The zero-order valence-corrected chi connectivity index (χ0v) is 12.2. The van der Waals surface area contributed by atoms with Crippen LogP contribution in [0.2, 0.25) is 0 Å². The Morgan fingerprint density at radius 2 is 2.25 bits per heavy atom. The maximum Gasteiger partial charge on any atom is 0.350 e. The van der Waals surface area contributed by atoms with Gasteiger partial charge in [-0.3, -0.25) is 14.8 Å². The second kappa shape index (κ2) is 5.83. The summed E-state index contributed by atoms with van der Waals surface area (Å²) in [6.07, 6.45) is 1.67. The van der Waals surface area contributed by atoms with E-state index in [-0.39, 0.29) is 11.6 Å². The molecule has 1 amide bonds. The van der Waals surface area contributed by atoms with Gasteiger partial charge in [0.2, 0.25) is 0 Å². The minimum absolute atomic E-state index is 0.290. The third kappa shape index (κ3) is 3.02. The van der Waals surface area contributed by atoms with E-state index in [1.54, 1.807) is 33.2 Å². The third-order valence-electron chi connectivity index (χ3n) is 2.42. The first-order valence-corrected chi connectivity index (χ1v) is 6.78. The highest BCUT2D eigenvalue weighted by molar-refractivity contribution is 7.17. The van der Waals surface area contributed by atoms with Gasteiger partial charge < -0.3 is 4.74 Å². The Morgan fingerprint density at radius 1 is 1.50 bits per heavy atom. The molecule has 106 valence electrons. The maximum absolute atomic E-state index is 11.9. The number of nitrogens with one attached hydrogen (secondary N) is 1. The predicted octanol–water partition coefficient (Wildman–Crippen LogP) is 1.61. The number of hydrogen-bond donors (Lipinski definition) is 1. The molecule has 0 aliphatic carbocycles. The average Bonchev–Trinajstić information content (AvgIpc) is 2.96. The Labute approximate surface area is 119 Å². The standard InChI is InChI=1S/C12H14N4O3S/c1-4-19-11(18)9-7(2)13-12(20-9)14-10(17)8-5-6-16(3)15-8/h5-6H,4H2,1-3H3,(H,13,14,17). The summed E-state index contributed by atoms with van der Waals surface area (Å²) in [7, 11) is 1.73. The van der Waals surface area contributed by atoms with E-state index < -0.39 is 5.97 Å². The van der Waals surface area contributed by atoms with Crippen molar-refractivity contribution in [2.24, 2.45) is 7.05 Å². The molecule has 0 spiro atoms. The monoisotopic (exact) mass is 294 g/mol. The van der Waals surface area contributed by atoms with Crippen molar-refractivity contribution in [2.45, 2.75) is 13.8 Å². The van der Waals surface area contributed by atoms with Gasteiger partial charge in [-0.2, -0.15) is 5.10 Å². The minimum atomic E-state index is -0.430. The molecule has 0 aliphatic rings. The number of amides is 1. The molecular formula is C12H14N4O3S. The van der Waals surface area contributed by atoms with Crippen LogP contribution in [-0.4, -0.2) is 33.2 Å². The molecule has 0 unspecified atom stereocenters. The van der Waals surface area contributed by atoms with Crippen molar-refractivity contribution in [2.75, 3.05) is 11.9 Å². The second-order valence-corrected chi connectivity index (χ2v) is 4.98. The number of hydrogen-bond acceptors (Lipinski definition) is 6. The van der Waals surface area contributed by atoms with Crippen molar-refractivity contribution >= 4 is 28.3 Å². The summed E-state index contributed by atoms with van der Waals surface area (Å²) in [5.74, 6) is -0.796. The smallest absolute Gasteiger partial charge is 0.350 e. The van der Waals surface area contributed by atoms with Crippen molar-refractivity contribution in [3.63, 3.8) is 0 Å². The van der Waals surface area contributed by atoms with E-state index in [1.165, 1.54) is 4.68 Å². The number of aryl methyl sites for hydroxylation is 2. The number of esters is 1. The van der Waals surface area contributed by atoms with Crippen LogP contribution < -0.4 is 5.32 Å². The minimum Gasteiger partial charge on any atom is -0.462 e. The number of thiazole rings is 1. The van der Waals surface area contributed by atoms with Crippen LogP contribution >= 0.6 is 11.3 Å². The summed E-state index contributed by atoms with van der Waals surface area (Å²) in [5.41, 5.74) is 0.822. The van der Waals surface area contributed by atoms with Crippen molar-refractivity contribution in [3.8, 4) is 0 Å². The molecule has 2 aromatic heterocycles. The molecule has 0 aromatic carbocycles. The number of ether oxygens (including phenoxy) is 1. The average molecular weight is 294 g/mol. The molecule has 2 rings (SSSR count). The normalized spacial score (nSPS) is 10.3. The number of anilines is 1. The van der Waals surface area contributed by atoms with Crippen LogP contribution in [0.5, 0.6) is 0 Å². The largest absolute Gasteiger partial charge is 0.462 e. The summed E-state index contributed by atoms with van der Waals surface area (Å²) in [6.45, 7) is 3.73. The molecule has 0 radical (unpaired) electrons. The summed E-state index contributed by atoms with van der Waals surface area (Å²) in [5, 5.41) is 6.95. The highest BCUT2D eigenvalue weighted by Crippen LogP contribution is 2.23. The molecule has 0 saturated carbocycles. The van der Waals surface area contributed by atoms with E-state index in [0.29, 0.717) is 22.3 Å². The van der Waals surface area contributed by atoms with E-state index >= 15 is 0 Å². The first-order chi connectivity index (χ1) is 9.51. The van der Waals surface area contributed by atoms with Crippen LogP contribution in [0, 0.1) is 6.92 Å². The van der Waals surface area contributed by atoms with Crippen LogP contribution in [-0.2, 0) is 11.8 Å². The van der Waals surface area contributed by atoms with E-state index in [4.69, 9.17) is 4.74 Å². The Kier molecular flexibility index (Phi) is 4.14. The number of carbonyl (C=O) groups is 2. The SMILES string of the molecule is CCOC(=O)c1sc(NC(=O)c2ccn(C)n2)nc1C. The number of carbonyl (C=O) groups excluding carboxylic acids is 2. The highest BCUT2D eigenvalue weighted by Gasteiger charge is 2.18. The van der Waals surface area contributed by atoms with Crippen LogP contribution in [0.4, 0.5) is 5.13 Å². The quantitative estimate of drug-likeness (QED) is 0.866. The van der Waals surface area contributed by atoms with Crippen molar-refractivity contribution in [1.82, 2.24) is 14.8 Å². The number of rotatable bonds is 4. The van der Waals surface area contributed by atoms with Crippen LogP contribution in [0.15, 0.2) is 12.3 Å². The van der Waals surface area contributed by atoms with E-state index in [2.05, 4.69) is 15.4 Å². The summed E-state index contributed by atoms with van der Waals surface area (Å²) >= 11 is 1.09. The van der Waals surface area contributed by atoms with Gasteiger partial charge in [-0.25, -0.2) is 9.78 Å². The Morgan fingerprint density at radius 3 is 2.85 bits per heavy atom. The van der Waals surface area contributed by atoms with Crippen molar-refractivity contribution in [1.29, 1.82) is 0 Å². The van der Waals surface area contributed by atoms with Gasteiger partial charge >= 0.3 is 5.97 Å². The lowest BCUT2D eigenvalue weighted by Gasteiger charge is -1.98. The molecule has 0 fully saturated rings. The lowest BCUT2D eigenvalue weighted by Crippen LogP contribution is -2.12. The Balaban J connectivity index is 2.12. The Bertz CT molecular complexity index is 647. The fourth-order valence-electron chi connectivity index (χ4n) is 1.53. The number of nitrogens with zero attached hydrogens (tertiary/aromatic N) is 3. The molecule has 0 atom stereocenters. The second-order valence-electron chi connectivity index (χ2n) is 3.98. The van der Waals surface area contributed by atoms with E-state index in [9.17, 15) is 9.59 Å². The maximum atomic E-state index is 11.9. The lowest BCUT2D eigenvalue weighted by molar-refractivity contribution is 0.0531. The zero-order valence-electron chi connectivity index (χ0n) is 11.3. The van der Waals surface area contributed by atoms with Crippen molar-refractivity contribution in [3.05, 3.63) is 28.5 Å². The lowest BCUT2D eigenvalue weighted by atomic mass is 10.4. The van der Waals surface area contributed by atoms with Gasteiger partial charge in [0, 0.05) is 13.2 Å². The van der Waals surface area contributed by atoms with Gasteiger partial charge in [0.1, 0.15) is 4.88 Å². The number of aromatic nitrogens is 3. The van der Waals surface area contributed by atoms with Gasteiger partial charge in [0.15, 0.2) is 10.8 Å². The van der Waals surface area contributed by atoms with Gasteiger partial charge in [-0.1, -0.05) is 11.3 Å². The molecule has 2 heterocycles. The van der Waals surface area contributed by atoms with E-state index in [1.807, 2.05) is 0 Å².